The summed E-state index contributed by atoms with van der Waals surface area (Å²) in [5.41, 5.74) is 2.81. The largest absolute Gasteiger partial charge is 0.318 e. The number of aromatic nitrogens is 1. The summed E-state index contributed by atoms with van der Waals surface area (Å²) < 4.78 is 26.4. The molecule has 2 aromatic rings. The fourth-order valence-electron chi connectivity index (χ4n) is 2.01. The fraction of sp³-hybridized carbons (Fsp3) is 0.214. The molecule has 1 N–H and O–H groups in total. The second kappa shape index (κ2) is 5.13. The van der Waals surface area contributed by atoms with Crippen LogP contribution in [0.1, 0.15) is 5.56 Å². The van der Waals surface area contributed by atoms with Crippen molar-refractivity contribution in [2.75, 3.05) is 11.0 Å². The summed E-state index contributed by atoms with van der Waals surface area (Å²) >= 11 is 0. The number of pyridine rings is 1. The van der Waals surface area contributed by atoms with Crippen LogP contribution in [0.2, 0.25) is 0 Å². The lowest BCUT2D eigenvalue weighted by molar-refractivity contribution is 0.607. The van der Waals surface area contributed by atoms with Gasteiger partial charge in [-0.2, -0.15) is 0 Å². The van der Waals surface area contributed by atoms with Crippen molar-refractivity contribution >= 4 is 15.7 Å². The monoisotopic (exact) mass is 292 g/mol. The third kappa shape index (κ3) is 3.27. The van der Waals surface area contributed by atoms with E-state index in [1.54, 1.807) is 44.4 Å². The molecule has 1 aromatic heterocycles. The number of nitrogens with zero attached hydrogens (tertiary/aromatic N) is 1. The van der Waals surface area contributed by atoms with Crippen molar-refractivity contribution in [1.82, 2.24) is 4.57 Å². The summed E-state index contributed by atoms with van der Waals surface area (Å²) in [5, 5.41) is 0. The quantitative estimate of drug-likeness (QED) is 0.936. The molecule has 1 heterocycles. The first-order valence-electron chi connectivity index (χ1n) is 6.02. The lowest BCUT2D eigenvalue weighted by Gasteiger charge is -2.09. The summed E-state index contributed by atoms with van der Waals surface area (Å²) in [4.78, 5) is 11.7. The topological polar surface area (TPSA) is 68.2 Å². The molecule has 5 nitrogen and oxygen atoms in total. The van der Waals surface area contributed by atoms with Crippen LogP contribution in [0.4, 0.5) is 5.69 Å². The van der Waals surface area contributed by atoms with E-state index in [9.17, 15) is 13.2 Å². The Bertz CT molecular complexity index is 781. The van der Waals surface area contributed by atoms with Gasteiger partial charge in [0, 0.05) is 24.5 Å². The van der Waals surface area contributed by atoms with E-state index in [0.717, 1.165) is 17.4 Å². The lowest BCUT2D eigenvalue weighted by atomic mass is 10.1. The van der Waals surface area contributed by atoms with Crippen LogP contribution in [0.5, 0.6) is 0 Å². The van der Waals surface area contributed by atoms with E-state index >= 15 is 0 Å². The summed E-state index contributed by atoms with van der Waals surface area (Å²) in [5.74, 6) is 0. The summed E-state index contributed by atoms with van der Waals surface area (Å²) in [6, 6.07) is 8.84. The highest BCUT2D eigenvalue weighted by Crippen LogP contribution is 2.22. The molecule has 0 unspecified atom stereocenters. The SMILES string of the molecule is Cc1cc(-c2cccc(NS(C)(=O)=O)c2)cn(C)c1=O. The van der Waals surface area contributed by atoms with Crippen LogP contribution in [0, 0.1) is 6.92 Å². The van der Waals surface area contributed by atoms with Crippen LogP contribution in [-0.2, 0) is 17.1 Å². The van der Waals surface area contributed by atoms with Crippen molar-refractivity contribution < 1.29 is 8.42 Å². The zero-order chi connectivity index (χ0) is 14.9. The molecule has 0 radical (unpaired) electrons. The Labute approximate surface area is 117 Å². The first kappa shape index (κ1) is 14.3. The van der Waals surface area contributed by atoms with E-state index in [2.05, 4.69) is 4.72 Å². The van der Waals surface area contributed by atoms with E-state index in [4.69, 9.17) is 0 Å². The molecule has 0 spiro atoms. The molecule has 0 aliphatic carbocycles. The normalized spacial score (nSPS) is 11.3. The van der Waals surface area contributed by atoms with Crippen molar-refractivity contribution in [2.24, 2.45) is 7.05 Å². The number of rotatable bonds is 3. The molecule has 1 aromatic carbocycles. The molecule has 0 saturated carbocycles. The first-order valence-corrected chi connectivity index (χ1v) is 7.91. The van der Waals surface area contributed by atoms with Gasteiger partial charge in [-0.05, 0) is 36.2 Å². The van der Waals surface area contributed by atoms with Crippen molar-refractivity contribution in [3.63, 3.8) is 0 Å². The highest BCUT2D eigenvalue weighted by atomic mass is 32.2. The van der Waals surface area contributed by atoms with E-state index in [1.165, 1.54) is 4.57 Å². The Morgan fingerprint density at radius 1 is 1.15 bits per heavy atom. The van der Waals surface area contributed by atoms with Gasteiger partial charge in [-0.3, -0.25) is 9.52 Å². The smallest absolute Gasteiger partial charge is 0.253 e. The van der Waals surface area contributed by atoms with Crippen molar-refractivity contribution in [3.05, 3.63) is 52.4 Å². The van der Waals surface area contributed by atoms with Gasteiger partial charge in [0.15, 0.2) is 0 Å². The van der Waals surface area contributed by atoms with Gasteiger partial charge in [0.25, 0.3) is 5.56 Å². The van der Waals surface area contributed by atoms with Gasteiger partial charge < -0.3 is 4.57 Å². The van der Waals surface area contributed by atoms with E-state index in [0.29, 0.717) is 11.3 Å². The minimum Gasteiger partial charge on any atom is -0.318 e. The molecule has 20 heavy (non-hydrogen) atoms. The van der Waals surface area contributed by atoms with Crippen LogP contribution < -0.4 is 10.3 Å². The third-order valence-electron chi connectivity index (χ3n) is 2.86. The Balaban J connectivity index is 2.49. The maximum Gasteiger partial charge on any atom is 0.253 e. The van der Waals surface area contributed by atoms with Gasteiger partial charge in [-0.1, -0.05) is 12.1 Å². The standard InChI is InChI=1S/C14H16N2O3S/c1-10-7-12(9-16(2)14(10)17)11-5-4-6-13(8-11)15-20(3,18)19/h4-9,15H,1-3H3. The second-order valence-corrected chi connectivity index (χ2v) is 6.53. The fourth-order valence-corrected chi connectivity index (χ4v) is 2.57. The number of anilines is 1. The summed E-state index contributed by atoms with van der Waals surface area (Å²) in [6.45, 7) is 1.75. The highest BCUT2D eigenvalue weighted by molar-refractivity contribution is 7.92. The van der Waals surface area contributed by atoms with Gasteiger partial charge in [0.05, 0.1) is 6.26 Å². The summed E-state index contributed by atoms with van der Waals surface area (Å²) in [6.07, 6.45) is 2.84. The van der Waals surface area contributed by atoms with Crippen LogP contribution >= 0.6 is 0 Å². The molecule has 0 atom stereocenters. The molecule has 0 fully saturated rings. The number of aryl methyl sites for hydroxylation is 2. The number of sulfonamides is 1. The Morgan fingerprint density at radius 3 is 2.45 bits per heavy atom. The molecule has 0 saturated heterocycles. The molecule has 6 heteroatoms. The molecule has 0 amide bonds. The van der Waals surface area contributed by atoms with E-state index < -0.39 is 10.0 Å². The predicted molar refractivity (Wildman–Crippen MR) is 80.3 cm³/mol. The zero-order valence-corrected chi connectivity index (χ0v) is 12.4. The molecular formula is C14H16N2O3S. The number of nitrogens with one attached hydrogen (secondary N) is 1. The number of benzene rings is 1. The Hall–Kier alpha value is -2.08. The Kier molecular flexibility index (Phi) is 3.67. The predicted octanol–water partition coefficient (Wildman–Crippen LogP) is 1.73. The average Bonchev–Trinajstić information content (AvgIpc) is 2.33. The van der Waals surface area contributed by atoms with Crippen molar-refractivity contribution in [2.45, 2.75) is 6.92 Å². The average molecular weight is 292 g/mol. The van der Waals surface area contributed by atoms with Gasteiger partial charge >= 0.3 is 0 Å². The van der Waals surface area contributed by atoms with Crippen LogP contribution in [0.15, 0.2) is 41.3 Å². The van der Waals surface area contributed by atoms with E-state index in [-0.39, 0.29) is 5.56 Å². The van der Waals surface area contributed by atoms with Gasteiger partial charge in [0.1, 0.15) is 0 Å². The Morgan fingerprint density at radius 2 is 1.85 bits per heavy atom. The van der Waals surface area contributed by atoms with Crippen molar-refractivity contribution in [1.29, 1.82) is 0 Å². The summed E-state index contributed by atoms with van der Waals surface area (Å²) in [7, 11) is -1.61. The molecular weight excluding hydrogens is 276 g/mol. The first-order chi connectivity index (χ1) is 9.26. The molecule has 0 aliphatic rings. The molecule has 0 aliphatic heterocycles. The number of hydrogen-bond acceptors (Lipinski definition) is 3. The number of hydrogen-bond donors (Lipinski definition) is 1. The zero-order valence-electron chi connectivity index (χ0n) is 11.5. The minimum atomic E-state index is -3.30. The molecule has 0 bridgehead atoms. The molecule has 2 rings (SSSR count). The maximum absolute atomic E-state index is 11.7. The maximum atomic E-state index is 11.7. The van der Waals surface area contributed by atoms with E-state index in [1.807, 2.05) is 6.07 Å². The van der Waals surface area contributed by atoms with Crippen LogP contribution in [-0.4, -0.2) is 19.2 Å². The van der Waals surface area contributed by atoms with Crippen LogP contribution in [0.3, 0.4) is 0 Å². The van der Waals surface area contributed by atoms with Gasteiger partial charge in [-0.25, -0.2) is 8.42 Å². The van der Waals surface area contributed by atoms with Gasteiger partial charge in [-0.15, -0.1) is 0 Å². The second-order valence-electron chi connectivity index (χ2n) is 4.78. The lowest BCUT2D eigenvalue weighted by Crippen LogP contribution is -2.18. The van der Waals surface area contributed by atoms with Crippen LogP contribution in [0.25, 0.3) is 11.1 Å². The van der Waals surface area contributed by atoms with Gasteiger partial charge in [0.2, 0.25) is 10.0 Å². The molecule has 106 valence electrons. The minimum absolute atomic E-state index is 0.0424. The van der Waals surface area contributed by atoms with Crippen molar-refractivity contribution in [3.8, 4) is 11.1 Å². The highest BCUT2D eigenvalue weighted by Gasteiger charge is 2.06. The third-order valence-corrected chi connectivity index (χ3v) is 3.47.